The average molecular weight is 306 g/mol. The number of carbonyl (C=O) groups excluding carboxylic acids is 1. The summed E-state index contributed by atoms with van der Waals surface area (Å²) < 4.78 is 10.9. The van der Waals surface area contributed by atoms with Crippen molar-refractivity contribution in [2.45, 2.75) is 32.4 Å². The maximum atomic E-state index is 11.9. The summed E-state index contributed by atoms with van der Waals surface area (Å²) in [6.07, 6.45) is 1.91. The first kappa shape index (κ1) is 16.9. The molecule has 5 heteroatoms. The molecule has 1 fully saturated rings. The Morgan fingerprint density at radius 1 is 1.23 bits per heavy atom. The van der Waals surface area contributed by atoms with E-state index in [0.717, 1.165) is 38.0 Å². The minimum Gasteiger partial charge on any atom is -0.355 e. The van der Waals surface area contributed by atoms with E-state index in [1.807, 2.05) is 42.2 Å². The molecular formula is C17H26N2O3. The molecule has 1 aromatic rings. The molecule has 1 saturated heterocycles. The minimum absolute atomic E-state index is 0.0450. The average Bonchev–Trinajstić information content (AvgIpc) is 2.55. The summed E-state index contributed by atoms with van der Waals surface area (Å²) >= 11 is 0. The second kappa shape index (κ2) is 9.56. The standard InChI is InChI=1S/C17H26N2O3/c1-15-17(20)19(11-9-18-15)10-5-6-12-21-14-22-13-16-7-3-2-4-8-16/h2-4,7-8,15,18H,5-6,9-14H2,1H3/t15-/m1/s1. The highest BCUT2D eigenvalue weighted by Crippen LogP contribution is 2.04. The molecule has 1 amide bonds. The zero-order valence-electron chi connectivity index (χ0n) is 13.3. The van der Waals surface area contributed by atoms with Gasteiger partial charge in [-0.05, 0) is 25.3 Å². The van der Waals surface area contributed by atoms with Crippen LogP contribution in [0.2, 0.25) is 0 Å². The maximum Gasteiger partial charge on any atom is 0.239 e. The Morgan fingerprint density at radius 2 is 2.05 bits per heavy atom. The van der Waals surface area contributed by atoms with Crippen molar-refractivity contribution in [3.8, 4) is 0 Å². The second-order valence-electron chi connectivity index (χ2n) is 5.57. The van der Waals surface area contributed by atoms with E-state index in [1.54, 1.807) is 0 Å². The normalized spacial score (nSPS) is 18.7. The van der Waals surface area contributed by atoms with Crippen molar-refractivity contribution >= 4 is 5.91 Å². The quantitative estimate of drug-likeness (QED) is 0.558. The van der Waals surface area contributed by atoms with E-state index in [9.17, 15) is 4.79 Å². The molecule has 2 rings (SSSR count). The van der Waals surface area contributed by atoms with Crippen LogP contribution in [-0.4, -0.2) is 49.9 Å². The molecule has 0 spiro atoms. The molecule has 1 aliphatic rings. The molecular weight excluding hydrogens is 280 g/mol. The number of piperazine rings is 1. The summed E-state index contributed by atoms with van der Waals surface area (Å²) in [4.78, 5) is 13.8. The van der Waals surface area contributed by atoms with Gasteiger partial charge in [0, 0.05) is 26.2 Å². The molecule has 0 aliphatic carbocycles. The Bertz CT molecular complexity index is 439. The molecule has 0 saturated carbocycles. The van der Waals surface area contributed by atoms with E-state index in [1.165, 1.54) is 0 Å². The third-order valence-corrected chi connectivity index (χ3v) is 3.76. The van der Waals surface area contributed by atoms with Gasteiger partial charge >= 0.3 is 0 Å². The van der Waals surface area contributed by atoms with Gasteiger partial charge in [-0.1, -0.05) is 30.3 Å². The molecule has 1 atom stereocenters. The first-order chi connectivity index (χ1) is 10.8. The van der Waals surface area contributed by atoms with E-state index in [4.69, 9.17) is 9.47 Å². The molecule has 22 heavy (non-hydrogen) atoms. The smallest absolute Gasteiger partial charge is 0.239 e. The van der Waals surface area contributed by atoms with Crippen LogP contribution in [0.5, 0.6) is 0 Å². The first-order valence-electron chi connectivity index (χ1n) is 7.99. The number of nitrogens with one attached hydrogen (secondary N) is 1. The van der Waals surface area contributed by atoms with Crippen LogP contribution in [0.15, 0.2) is 30.3 Å². The Balaban J connectivity index is 1.45. The molecule has 122 valence electrons. The van der Waals surface area contributed by atoms with Crippen molar-refractivity contribution in [2.75, 3.05) is 33.0 Å². The predicted molar refractivity (Wildman–Crippen MR) is 85.3 cm³/mol. The lowest BCUT2D eigenvalue weighted by atomic mass is 10.2. The van der Waals surface area contributed by atoms with Crippen LogP contribution in [0.1, 0.15) is 25.3 Å². The molecule has 0 unspecified atom stereocenters. The van der Waals surface area contributed by atoms with Gasteiger partial charge in [0.1, 0.15) is 6.79 Å². The summed E-state index contributed by atoms with van der Waals surface area (Å²) in [5.74, 6) is 0.207. The SMILES string of the molecule is C[C@H]1NCCN(CCCCOCOCc2ccccc2)C1=O. The highest BCUT2D eigenvalue weighted by Gasteiger charge is 2.23. The van der Waals surface area contributed by atoms with Gasteiger partial charge in [-0.2, -0.15) is 0 Å². The minimum atomic E-state index is -0.0450. The Morgan fingerprint density at radius 3 is 2.86 bits per heavy atom. The monoisotopic (exact) mass is 306 g/mol. The first-order valence-corrected chi connectivity index (χ1v) is 7.99. The summed E-state index contributed by atoms with van der Waals surface area (Å²) in [6.45, 7) is 6.00. The number of benzene rings is 1. The largest absolute Gasteiger partial charge is 0.355 e. The fraction of sp³-hybridized carbons (Fsp3) is 0.588. The lowest BCUT2D eigenvalue weighted by molar-refractivity contribution is -0.135. The second-order valence-corrected chi connectivity index (χ2v) is 5.57. The van der Waals surface area contributed by atoms with Crippen LogP contribution < -0.4 is 5.32 Å². The Kier molecular flexibility index (Phi) is 7.36. The van der Waals surface area contributed by atoms with Gasteiger partial charge in [-0.15, -0.1) is 0 Å². The number of ether oxygens (including phenoxy) is 2. The molecule has 1 N–H and O–H groups in total. The molecule has 0 radical (unpaired) electrons. The highest BCUT2D eigenvalue weighted by atomic mass is 16.7. The number of hydrogen-bond donors (Lipinski definition) is 1. The Hall–Kier alpha value is -1.43. The summed E-state index contributed by atoms with van der Waals surface area (Å²) in [5, 5.41) is 3.17. The van der Waals surface area contributed by atoms with E-state index < -0.39 is 0 Å². The van der Waals surface area contributed by atoms with Crippen molar-refractivity contribution in [3.63, 3.8) is 0 Å². The van der Waals surface area contributed by atoms with Crippen LogP contribution in [0.25, 0.3) is 0 Å². The van der Waals surface area contributed by atoms with Crippen molar-refractivity contribution in [1.29, 1.82) is 0 Å². The number of unbranched alkanes of at least 4 members (excludes halogenated alkanes) is 1. The van der Waals surface area contributed by atoms with Crippen molar-refractivity contribution in [3.05, 3.63) is 35.9 Å². The van der Waals surface area contributed by atoms with Gasteiger partial charge < -0.3 is 19.7 Å². The number of nitrogens with zero attached hydrogens (tertiary/aromatic N) is 1. The van der Waals surface area contributed by atoms with Crippen LogP contribution in [0.3, 0.4) is 0 Å². The van der Waals surface area contributed by atoms with Crippen LogP contribution in [0.4, 0.5) is 0 Å². The molecule has 0 aromatic heterocycles. The van der Waals surface area contributed by atoms with Crippen LogP contribution >= 0.6 is 0 Å². The molecule has 1 aromatic carbocycles. The highest BCUT2D eigenvalue weighted by molar-refractivity contribution is 5.82. The maximum absolute atomic E-state index is 11.9. The third-order valence-electron chi connectivity index (χ3n) is 3.76. The van der Waals surface area contributed by atoms with Gasteiger partial charge in [0.05, 0.1) is 12.6 Å². The topological polar surface area (TPSA) is 50.8 Å². The number of rotatable bonds is 9. The lowest BCUT2D eigenvalue weighted by Crippen LogP contribution is -2.53. The van der Waals surface area contributed by atoms with Gasteiger partial charge in [0.15, 0.2) is 0 Å². The van der Waals surface area contributed by atoms with E-state index in [0.29, 0.717) is 20.0 Å². The van der Waals surface area contributed by atoms with E-state index in [-0.39, 0.29) is 11.9 Å². The van der Waals surface area contributed by atoms with Gasteiger partial charge in [0.25, 0.3) is 0 Å². The predicted octanol–water partition coefficient (Wildman–Crippen LogP) is 1.78. The van der Waals surface area contributed by atoms with Crippen molar-refractivity contribution in [2.24, 2.45) is 0 Å². The van der Waals surface area contributed by atoms with E-state index in [2.05, 4.69) is 5.32 Å². The van der Waals surface area contributed by atoms with Crippen LogP contribution in [-0.2, 0) is 20.9 Å². The molecule has 0 bridgehead atoms. The zero-order valence-corrected chi connectivity index (χ0v) is 13.3. The number of hydrogen-bond acceptors (Lipinski definition) is 4. The molecule has 5 nitrogen and oxygen atoms in total. The molecule has 1 heterocycles. The summed E-state index contributed by atoms with van der Waals surface area (Å²) in [5.41, 5.74) is 1.15. The fourth-order valence-electron chi connectivity index (χ4n) is 2.47. The Labute approximate surface area is 132 Å². The van der Waals surface area contributed by atoms with Crippen LogP contribution in [0, 0.1) is 0 Å². The zero-order chi connectivity index (χ0) is 15.6. The summed E-state index contributed by atoms with van der Waals surface area (Å²) in [7, 11) is 0. The van der Waals surface area contributed by atoms with Gasteiger partial charge in [-0.3, -0.25) is 4.79 Å². The fourth-order valence-corrected chi connectivity index (χ4v) is 2.47. The number of amides is 1. The van der Waals surface area contributed by atoms with Crippen molar-refractivity contribution in [1.82, 2.24) is 10.2 Å². The van der Waals surface area contributed by atoms with Crippen molar-refractivity contribution < 1.29 is 14.3 Å². The lowest BCUT2D eigenvalue weighted by Gasteiger charge is -2.31. The van der Waals surface area contributed by atoms with E-state index >= 15 is 0 Å². The van der Waals surface area contributed by atoms with Gasteiger partial charge in [-0.25, -0.2) is 0 Å². The summed E-state index contributed by atoms with van der Waals surface area (Å²) in [6, 6.07) is 10.0. The molecule has 1 aliphatic heterocycles. The van der Waals surface area contributed by atoms with Gasteiger partial charge in [0.2, 0.25) is 5.91 Å². The number of carbonyl (C=O) groups is 1. The third kappa shape index (κ3) is 5.75.